The Labute approximate surface area is 114 Å². The number of hydrogen-bond acceptors (Lipinski definition) is 3. The van der Waals surface area contributed by atoms with Crippen molar-refractivity contribution < 1.29 is 14.6 Å². The van der Waals surface area contributed by atoms with Crippen molar-refractivity contribution in [2.24, 2.45) is 5.92 Å². The van der Waals surface area contributed by atoms with Crippen LogP contribution in [0.2, 0.25) is 0 Å². The lowest BCUT2D eigenvalue weighted by Crippen LogP contribution is -2.27. The fraction of sp³-hybridized carbons (Fsp3) is 0.625. The molecular weight excluding hydrogens is 240 g/mol. The first-order valence-corrected chi connectivity index (χ1v) is 7.33. The van der Waals surface area contributed by atoms with Crippen LogP contribution in [0.25, 0.3) is 0 Å². The van der Waals surface area contributed by atoms with Crippen LogP contribution in [0.1, 0.15) is 30.4 Å². The molecule has 0 amide bonds. The van der Waals surface area contributed by atoms with Gasteiger partial charge in [-0.1, -0.05) is 12.1 Å². The molecule has 3 nitrogen and oxygen atoms in total. The van der Waals surface area contributed by atoms with Gasteiger partial charge in [0.05, 0.1) is 12.7 Å². The molecule has 0 bridgehead atoms. The van der Waals surface area contributed by atoms with Gasteiger partial charge in [-0.15, -0.1) is 0 Å². The summed E-state index contributed by atoms with van der Waals surface area (Å²) in [6, 6.07) is 6.43. The highest BCUT2D eigenvalue weighted by molar-refractivity contribution is 5.39. The summed E-state index contributed by atoms with van der Waals surface area (Å²) in [5.74, 6) is 1.46. The monoisotopic (exact) mass is 262 g/mol. The third kappa shape index (κ3) is 3.10. The second-order valence-corrected chi connectivity index (χ2v) is 5.60. The number of aliphatic hydroxyl groups is 1. The Morgan fingerprint density at radius 3 is 2.89 bits per heavy atom. The summed E-state index contributed by atoms with van der Waals surface area (Å²) >= 11 is 0. The minimum absolute atomic E-state index is 0.187. The maximum absolute atomic E-state index is 10.2. The van der Waals surface area contributed by atoms with Crippen LogP contribution in [0.15, 0.2) is 18.2 Å². The van der Waals surface area contributed by atoms with Gasteiger partial charge in [0.15, 0.2) is 0 Å². The average Bonchev–Trinajstić information content (AvgIpc) is 2.93. The SMILES string of the molecule is OC(CCc1ccc2c(c1)CCO2)C1CCOCC1. The van der Waals surface area contributed by atoms with Crippen molar-refractivity contribution >= 4 is 0 Å². The molecule has 0 aliphatic carbocycles. The zero-order valence-corrected chi connectivity index (χ0v) is 11.3. The van der Waals surface area contributed by atoms with E-state index in [2.05, 4.69) is 18.2 Å². The third-order valence-corrected chi connectivity index (χ3v) is 4.29. The van der Waals surface area contributed by atoms with Gasteiger partial charge in [-0.05, 0) is 48.8 Å². The van der Waals surface area contributed by atoms with E-state index in [9.17, 15) is 5.11 Å². The Bertz CT molecular complexity index is 424. The molecule has 1 fully saturated rings. The minimum atomic E-state index is -0.187. The lowest BCUT2D eigenvalue weighted by Gasteiger charge is -2.26. The van der Waals surface area contributed by atoms with Gasteiger partial charge in [-0.2, -0.15) is 0 Å². The second kappa shape index (κ2) is 5.93. The Kier molecular flexibility index (Phi) is 4.04. The maximum Gasteiger partial charge on any atom is 0.122 e. The summed E-state index contributed by atoms with van der Waals surface area (Å²) in [4.78, 5) is 0. The summed E-state index contributed by atoms with van der Waals surface area (Å²) in [5.41, 5.74) is 2.63. The quantitative estimate of drug-likeness (QED) is 0.905. The van der Waals surface area contributed by atoms with Gasteiger partial charge in [0.1, 0.15) is 5.75 Å². The third-order valence-electron chi connectivity index (χ3n) is 4.29. The number of aliphatic hydroxyl groups excluding tert-OH is 1. The van der Waals surface area contributed by atoms with Gasteiger partial charge in [0, 0.05) is 19.6 Å². The van der Waals surface area contributed by atoms with E-state index in [1.54, 1.807) is 0 Å². The Morgan fingerprint density at radius 1 is 1.21 bits per heavy atom. The molecule has 1 N–H and O–H groups in total. The molecule has 3 heteroatoms. The van der Waals surface area contributed by atoms with E-state index in [-0.39, 0.29) is 6.10 Å². The van der Waals surface area contributed by atoms with Crippen LogP contribution in [0, 0.1) is 5.92 Å². The molecule has 0 aromatic heterocycles. The molecule has 1 atom stereocenters. The summed E-state index contributed by atoms with van der Waals surface area (Å²) < 4.78 is 10.8. The number of fused-ring (bicyclic) bond motifs is 1. The lowest BCUT2D eigenvalue weighted by molar-refractivity contribution is 0.00516. The van der Waals surface area contributed by atoms with Gasteiger partial charge >= 0.3 is 0 Å². The molecule has 0 radical (unpaired) electrons. The van der Waals surface area contributed by atoms with Gasteiger partial charge in [0.2, 0.25) is 0 Å². The molecule has 0 saturated carbocycles. The van der Waals surface area contributed by atoms with Crippen molar-refractivity contribution in [1.82, 2.24) is 0 Å². The van der Waals surface area contributed by atoms with E-state index in [4.69, 9.17) is 9.47 Å². The Hall–Kier alpha value is -1.06. The zero-order valence-electron chi connectivity index (χ0n) is 11.3. The van der Waals surface area contributed by atoms with Gasteiger partial charge in [-0.3, -0.25) is 0 Å². The van der Waals surface area contributed by atoms with Crippen molar-refractivity contribution in [3.05, 3.63) is 29.3 Å². The molecule has 1 aromatic carbocycles. The molecule has 104 valence electrons. The minimum Gasteiger partial charge on any atom is -0.493 e. The molecule has 0 spiro atoms. The lowest BCUT2D eigenvalue weighted by atomic mass is 9.90. The van der Waals surface area contributed by atoms with Gasteiger partial charge in [0.25, 0.3) is 0 Å². The summed E-state index contributed by atoms with van der Waals surface area (Å²) in [7, 11) is 0. The molecule has 2 aliphatic heterocycles. The van der Waals surface area contributed by atoms with E-state index in [0.717, 1.165) is 57.7 Å². The number of rotatable bonds is 4. The molecule has 1 unspecified atom stereocenters. The summed E-state index contributed by atoms with van der Waals surface area (Å²) in [6.07, 6.45) is 4.63. The summed E-state index contributed by atoms with van der Waals surface area (Å²) in [6.45, 7) is 2.42. The highest BCUT2D eigenvalue weighted by Gasteiger charge is 2.22. The Morgan fingerprint density at radius 2 is 2.05 bits per heavy atom. The number of benzene rings is 1. The maximum atomic E-state index is 10.2. The van der Waals surface area contributed by atoms with Crippen LogP contribution in [-0.2, 0) is 17.6 Å². The largest absolute Gasteiger partial charge is 0.493 e. The Balaban J connectivity index is 1.53. The number of aryl methyl sites for hydroxylation is 1. The van der Waals surface area contributed by atoms with Crippen LogP contribution < -0.4 is 4.74 Å². The molecule has 1 saturated heterocycles. The molecule has 2 heterocycles. The van der Waals surface area contributed by atoms with E-state index < -0.39 is 0 Å². The van der Waals surface area contributed by atoms with Crippen LogP contribution in [-0.4, -0.2) is 31.0 Å². The van der Waals surface area contributed by atoms with E-state index in [1.165, 1.54) is 11.1 Å². The molecule has 2 aliphatic rings. The topological polar surface area (TPSA) is 38.7 Å². The smallest absolute Gasteiger partial charge is 0.122 e. The first-order chi connectivity index (χ1) is 9.33. The highest BCUT2D eigenvalue weighted by Crippen LogP contribution is 2.27. The van der Waals surface area contributed by atoms with Crippen molar-refractivity contribution in [2.75, 3.05) is 19.8 Å². The van der Waals surface area contributed by atoms with Gasteiger partial charge in [-0.25, -0.2) is 0 Å². The predicted octanol–water partition coefficient (Wildman–Crippen LogP) is 2.34. The summed E-state index contributed by atoms with van der Waals surface area (Å²) in [5, 5.41) is 10.2. The normalized spacial score (nSPS) is 20.9. The fourth-order valence-corrected chi connectivity index (χ4v) is 3.05. The standard InChI is InChI=1S/C16H22O3/c17-15(13-5-8-18-9-6-13)3-1-12-2-4-16-14(11-12)7-10-19-16/h2,4,11,13,15,17H,1,3,5-10H2. The highest BCUT2D eigenvalue weighted by atomic mass is 16.5. The zero-order chi connectivity index (χ0) is 13.1. The molecular formula is C16H22O3. The first-order valence-electron chi connectivity index (χ1n) is 7.33. The number of hydrogen-bond donors (Lipinski definition) is 1. The van der Waals surface area contributed by atoms with Crippen LogP contribution in [0.5, 0.6) is 5.75 Å². The van der Waals surface area contributed by atoms with E-state index in [0.29, 0.717) is 5.92 Å². The van der Waals surface area contributed by atoms with E-state index >= 15 is 0 Å². The van der Waals surface area contributed by atoms with Crippen LogP contribution >= 0.6 is 0 Å². The van der Waals surface area contributed by atoms with Gasteiger partial charge < -0.3 is 14.6 Å². The van der Waals surface area contributed by atoms with Crippen molar-refractivity contribution in [3.8, 4) is 5.75 Å². The number of ether oxygens (including phenoxy) is 2. The van der Waals surface area contributed by atoms with Crippen LogP contribution in [0.3, 0.4) is 0 Å². The first kappa shape index (κ1) is 12.9. The van der Waals surface area contributed by atoms with Crippen LogP contribution in [0.4, 0.5) is 0 Å². The van der Waals surface area contributed by atoms with Crippen molar-refractivity contribution in [1.29, 1.82) is 0 Å². The predicted molar refractivity (Wildman–Crippen MR) is 73.5 cm³/mol. The fourth-order valence-electron chi connectivity index (χ4n) is 3.05. The molecule has 19 heavy (non-hydrogen) atoms. The van der Waals surface area contributed by atoms with Crippen molar-refractivity contribution in [3.63, 3.8) is 0 Å². The average molecular weight is 262 g/mol. The second-order valence-electron chi connectivity index (χ2n) is 5.60. The molecule has 1 aromatic rings. The van der Waals surface area contributed by atoms with E-state index in [1.807, 2.05) is 0 Å². The van der Waals surface area contributed by atoms with Crippen molar-refractivity contribution in [2.45, 2.75) is 38.2 Å². The molecule has 3 rings (SSSR count).